The molecular weight excluding hydrogens is 370 g/mol. The van der Waals surface area contributed by atoms with Crippen LogP contribution in [0.25, 0.3) is 11.1 Å². The molecule has 1 saturated heterocycles. The van der Waals surface area contributed by atoms with Crippen LogP contribution in [-0.4, -0.2) is 35.0 Å². The van der Waals surface area contributed by atoms with Crippen molar-refractivity contribution in [3.05, 3.63) is 63.6 Å². The van der Waals surface area contributed by atoms with E-state index < -0.39 is 5.76 Å². The molecule has 2 N–H and O–H groups in total. The van der Waals surface area contributed by atoms with Gasteiger partial charge in [0.2, 0.25) is 0 Å². The van der Waals surface area contributed by atoms with E-state index in [2.05, 4.69) is 23.3 Å². The van der Waals surface area contributed by atoms with Crippen molar-refractivity contribution in [3.63, 3.8) is 0 Å². The van der Waals surface area contributed by atoms with Gasteiger partial charge in [-0.1, -0.05) is 6.07 Å². The zero-order valence-electron chi connectivity index (χ0n) is 16.2. The second-order valence-electron chi connectivity index (χ2n) is 7.79. The summed E-state index contributed by atoms with van der Waals surface area (Å²) in [4.78, 5) is 28.9. The van der Waals surface area contributed by atoms with E-state index >= 15 is 0 Å². The number of ether oxygens (including phenoxy) is 1. The zero-order chi connectivity index (χ0) is 20.0. The van der Waals surface area contributed by atoms with Crippen LogP contribution in [0.1, 0.15) is 47.3 Å². The van der Waals surface area contributed by atoms with Gasteiger partial charge in [-0.3, -0.25) is 9.78 Å². The molecular formula is C22H23N3O4. The summed E-state index contributed by atoms with van der Waals surface area (Å²) in [5.41, 5.74) is 4.94. The molecule has 5 rings (SSSR count). The van der Waals surface area contributed by atoms with Gasteiger partial charge in [0, 0.05) is 37.1 Å². The lowest BCUT2D eigenvalue weighted by Crippen LogP contribution is -2.27. The smallest absolute Gasteiger partial charge is 0.408 e. The van der Waals surface area contributed by atoms with E-state index in [-0.39, 0.29) is 11.9 Å². The number of H-pyrrole nitrogens is 1. The van der Waals surface area contributed by atoms with E-state index in [1.807, 2.05) is 35.2 Å². The lowest BCUT2D eigenvalue weighted by molar-refractivity contribution is 0.0723. The Kier molecular flexibility index (Phi) is 4.39. The summed E-state index contributed by atoms with van der Waals surface area (Å²) < 4.78 is 10.6. The summed E-state index contributed by atoms with van der Waals surface area (Å²) in [6.07, 6.45) is 1.99. The van der Waals surface area contributed by atoms with Gasteiger partial charge in [-0.2, -0.15) is 0 Å². The van der Waals surface area contributed by atoms with Crippen molar-refractivity contribution >= 4 is 22.7 Å². The third kappa shape index (κ3) is 3.31. The molecule has 0 aliphatic carbocycles. The Labute approximate surface area is 167 Å². The average molecular weight is 393 g/mol. The van der Waals surface area contributed by atoms with Gasteiger partial charge in [0.15, 0.2) is 5.58 Å². The van der Waals surface area contributed by atoms with Crippen LogP contribution in [0.5, 0.6) is 0 Å². The number of amides is 1. The van der Waals surface area contributed by atoms with Crippen LogP contribution in [0, 0.1) is 0 Å². The maximum absolute atomic E-state index is 13.0. The first kappa shape index (κ1) is 18.0. The number of rotatable bonds is 4. The molecule has 3 heterocycles. The summed E-state index contributed by atoms with van der Waals surface area (Å²) in [5, 5.41) is 3.58. The molecule has 7 heteroatoms. The Morgan fingerprint density at radius 2 is 1.97 bits per heavy atom. The largest absolute Gasteiger partial charge is 0.417 e. The van der Waals surface area contributed by atoms with Crippen LogP contribution in [-0.2, 0) is 11.3 Å². The molecule has 2 aliphatic rings. The average Bonchev–Trinajstić information content (AvgIpc) is 3.20. The van der Waals surface area contributed by atoms with Crippen molar-refractivity contribution in [1.82, 2.24) is 9.88 Å². The Bertz CT molecular complexity index is 1130. The van der Waals surface area contributed by atoms with E-state index in [1.54, 1.807) is 0 Å². The molecule has 29 heavy (non-hydrogen) atoms. The third-order valence-corrected chi connectivity index (χ3v) is 5.89. The summed E-state index contributed by atoms with van der Waals surface area (Å²) in [5.74, 6) is -0.444. The van der Waals surface area contributed by atoms with Crippen LogP contribution in [0.3, 0.4) is 0 Å². The Morgan fingerprint density at radius 1 is 1.14 bits per heavy atom. The van der Waals surface area contributed by atoms with Gasteiger partial charge in [0.05, 0.1) is 11.6 Å². The predicted octanol–water partition coefficient (Wildman–Crippen LogP) is 3.43. The lowest BCUT2D eigenvalue weighted by atomic mass is 10.0. The Hall–Kier alpha value is -3.06. The highest BCUT2D eigenvalue weighted by Crippen LogP contribution is 2.36. The number of benzene rings is 2. The van der Waals surface area contributed by atoms with Gasteiger partial charge >= 0.3 is 5.76 Å². The van der Waals surface area contributed by atoms with E-state index in [1.165, 1.54) is 0 Å². The Balaban J connectivity index is 1.37. The predicted molar refractivity (Wildman–Crippen MR) is 109 cm³/mol. The minimum Gasteiger partial charge on any atom is -0.408 e. The molecule has 0 radical (unpaired) electrons. The first-order valence-electron chi connectivity index (χ1n) is 9.99. The van der Waals surface area contributed by atoms with Gasteiger partial charge in [-0.15, -0.1) is 0 Å². The van der Waals surface area contributed by atoms with Crippen LogP contribution in [0.2, 0.25) is 0 Å². The summed E-state index contributed by atoms with van der Waals surface area (Å²) >= 11 is 0. The van der Waals surface area contributed by atoms with Crippen molar-refractivity contribution in [2.75, 3.05) is 18.5 Å². The second kappa shape index (κ2) is 7.08. The van der Waals surface area contributed by atoms with Crippen molar-refractivity contribution in [2.24, 2.45) is 0 Å². The number of carbonyl (C=O) groups excluding carboxylic acids is 1. The number of carbonyl (C=O) groups is 1. The fourth-order valence-corrected chi connectivity index (χ4v) is 4.26. The monoisotopic (exact) mass is 393 g/mol. The number of aromatic amines is 1. The highest BCUT2D eigenvalue weighted by molar-refractivity contribution is 5.99. The highest BCUT2D eigenvalue weighted by Gasteiger charge is 2.34. The normalized spacial score (nSPS) is 19.7. The van der Waals surface area contributed by atoms with E-state index in [4.69, 9.17) is 9.15 Å². The second-order valence-corrected chi connectivity index (χ2v) is 7.79. The number of oxazole rings is 1. The minimum atomic E-state index is -0.472. The molecule has 0 saturated carbocycles. The minimum absolute atomic E-state index is 0.0251. The molecule has 1 aromatic heterocycles. The fraction of sp³-hybridized carbons (Fsp3) is 0.364. The molecule has 1 fully saturated rings. The van der Waals surface area contributed by atoms with Crippen molar-refractivity contribution in [3.8, 4) is 0 Å². The molecule has 2 aromatic carbocycles. The van der Waals surface area contributed by atoms with E-state index in [0.717, 1.165) is 48.4 Å². The highest BCUT2D eigenvalue weighted by atomic mass is 16.5. The summed E-state index contributed by atoms with van der Waals surface area (Å²) in [6.45, 7) is 4.09. The maximum Gasteiger partial charge on any atom is 0.417 e. The molecule has 1 amide bonds. The van der Waals surface area contributed by atoms with Gasteiger partial charge in [-0.25, -0.2) is 4.79 Å². The van der Waals surface area contributed by atoms with Crippen molar-refractivity contribution in [1.29, 1.82) is 0 Å². The number of nitrogens with zero attached hydrogens (tertiary/aromatic N) is 1. The summed E-state index contributed by atoms with van der Waals surface area (Å²) in [7, 11) is 0. The van der Waals surface area contributed by atoms with Gasteiger partial charge in [-0.05, 0) is 61.2 Å². The first-order valence-corrected chi connectivity index (χ1v) is 9.99. The van der Waals surface area contributed by atoms with Crippen LogP contribution < -0.4 is 11.1 Å². The molecule has 7 nitrogen and oxygen atoms in total. The standard InChI is InChI=1S/C22H23N3O4/c1-13-18-11-16(23-15-6-8-28-9-7-15)3-4-17(18)21(26)25(13)12-14-2-5-19-20(10-14)29-22(27)24-19/h2-5,10-11,13,15,23H,6-9,12H2,1H3,(H,24,27). The molecule has 0 spiro atoms. The SMILES string of the molecule is CC1c2cc(NC3CCOCC3)ccc2C(=O)N1Cc1ccc2[nH]c(=O)oc2c1. The van der Waals surface area contributed by atoms with Gasteiger partial charge < -0.3 is 19.4 Å². The van der Waals surface area contributed by atoms with Crippen LogP contribution in [0.15, 0.2) is 45.6 Å². The van der Waals surface area contributed by atoms with Crippen LogP contribution in [0.4, 0.5) is 5.69 Å². The molecule has 150 valence electrons. The summed E-state index contributed by atoms with van der Waals surface area (Å²) in [6, 6.07) is 11.9. The topological polar surface area (TPSA) is 87.6 Å². The van der Waals surface area contributed by atoms with Crippen LogP contribution >= 0.6 is 0 Å². The number of nitrogens with one attached hydrogen (secondary N) is 2. The molecule has 1 unspecified atom stereocenters. The quantitative estimate of drug-likeness (QED) is 0.709. The zero-order valence-corrected chi connectivity index (χ0v) is 16.2. The fourth-order valence-electron chi connectivity index (χ4n) is 4.26. The molecule has 3 aromatic rings. The van der Waals surface area contributed by atoms with E-state index in [9.17, 15) is 9.59 Å². The number of anilines is 1. The number of hydrogen-bond donors (Lipinski definition) is 2. The Morgan fingerprint density at radius 3 is 2.79 bits per heavy atom. The first-order chi connectivity index (χ1) is 14.1. The molecule has 2 aliphatic heterocycles. The lowest BCUT2D eigenvalue weighted by Gasteiger charge is -2.25. The number of fused-ring (bicyclic) bond motifs is 2. The van der Waals surface area contributed by atoms with Crippen molar-refractivity contribution < 1.29 is 13.9 Å². The van der Waals surface area contributed by atoms with E-state index in [0.29, 0.717) is 23.7 Å². The van der Waals surface area contributed by atoms with Gasteiger partial charge in [0.1, 0.15) is 0 Å². The number of aromatic nitrogens is 1. The molecule has 1 atom stereocenters. The maximum atomic E-state index is 13.0. The molecule has 0 bridgehead atoms. The van der Waals surface area contributed by atoms with Crippen molar-refractivity contribution in [2.45, 2.75) is 38.4 Å². The van der Waals surface area contributed by atoms with Gasteiger partial charge in [0.25, 0.3) is 5.91 Å². The number of hydrogen-bond acceptors (Lipinski definition) is 5. The third-order valence-electron chi connectivity index (χ3n) is 5.89.